The number of sulfone groups is 1. The number of aliphatic hydroxyl groups excluding tert-OH is 2. The van der Waals surface area contributed by atoms with Crippen LogP contribution in [0.1, 0.15) is 31.4 Å². The monoisotopic (exact) mass is 538 g/mol. The molecule has 1 aliphatic rings. The normalized spacial score (nSPS) is 17.8. The van der Waals surface area contributed by atoms with Gasteiger partial charge in [-0.05, 0) is 49.6 Å². The summed E-state index contributed by atoms with van der Waals surface area (Å²) in [6, 6.07) is 14.9. The number of piperidine rings is 1. The molecule has 2 amide bonds. The number of benzene rings is 2. The van der Waals surface area contributed by atoms with Gasteiger partial charge in [-0.1, -0.05) is 46.3 Å². The summed E-state index contributed by atoms with van der Waals surface area (Å²) in [4.78, 5) is 26.6. The van der Waals surface area contributed by atoms with E-state index in [9.17, 15) is 28.2 Å². The molecule has 1 heterocycles. The summed E-state index contributed by atoms with van der Waals surface area (Å²) >= 11 is 3.33. The minimum Gasteiger partial charge on any atom is -0.380 e. The first-order valence-electron chi connectivity index (χ1n) is 10.6. The van der Waals surface area contributed by atoms with Crippen LogP contribution in [0.25, 0.3) is 0 Å². The first-order valence-corrected chi connectivity index (χ1v) is 12.9. The Morgan fingerprint density at radius 2 is 1.58 bits per heavy atom. The number of hydrogen-bond donors (Lipinski definition) is 3. The number of halogens is 1. The van der Waals surface area contributed by atoms with Crippen molar-refractivity contribution in [2.45, 2.75) is 48.2 Å². The Labute approximate surface area is 201 Å². The average Bonchev–Trinajstić information content (AvgIpc) is 2.83. The zero-order chi connectivity index (χ0) is 24.2. The first-order chi connectivity index (χ1) is 15.6. The zero-order valence-electron chi connectivity index (χ0n) is 18.1. The summed E-state index contributed by atoms with van der Waals surface area (Å²) in [5, 5.41) is 22.5. The van der Waals surface area contributed by atoms with Crippen molar-refractivity contribution in [3.63, 3.8) is 0 Å². The molecule has 0 saturated carbocycles. The van der Waals surface area contributed by atoms with Gasteiger partial charge in [-0.15, -0.1) is 0 Å². The molecule has 0 radical (unpaired) electrons. The van der Waals surface area contributed by atoms with Gasteiger partial charge in [0.2, 0.25) is 0 Å². The van der Waals surface area contributed by atoms with Crippen LogP contribution in [-0.2, 0) is 19.4 Å². The Balaban J connectivity index is 1.55. The maximum Gasteiger partial charge on any atom is 0.254 e. The smallest absolute Gasteiger partial charge is 0.254 e. The third-order valence-corrected chi connectivity index (χ3v) is 8.62. The molecule has 3 N–H and O–H groups in total. The summed E-state index contributed by atoms with van der Waals surface area (Å²) < 4.78 is 26.5. The third-order valence-electron chi connectivity index (χ3n) is 5.81. The van der Waals surface area contributed by atoms with Crippen LogP contribution in [0, 0.1) is 0 Å². The number of aliphatic hydroxyl groups is 2. The summed E-state index contributed by atoms with van der Waals surface area (Å²) in [5.41, 5.74) is 0.793. The molecule has 0 spiro atoms. The van der Waals surface area contributed by atoms with E-state index in [0.29, 0.717) is 0 Å². The molecule has 10 heteroatoms. The molecule has 1 saturated heterocycles. The van der Waals surface area contributed by atoms with Crippen LogP contribution in [-0.4, -0.2) is 65.9 Å². The van der Waals surface area contributed by atoms with E-state index in [1.54, 1.807) is 49.4 Å². The first kappa shape index (κ1) is 25.4. The third kappa shape index (κ3) is 6.00. The molecule has 1 aliphatic heterocycles. The molecule has 178 valence electrons. The lowest BCUT2D eigenvalue weighted by Gasteiger charge is -2.33. The zero-order valence-corrected chi connectivity index (χ0v) is 20.5. The number of hydrogen-bond acceptors (Lipinski definition) is 6. The van der Waals surface area contributed by atoms with Crippen molar-refractivity contribution in [3.05, 3.63) is 64.6 Å². The van der Waals surface area contributed by atoms with Crippen molar-refractivity contribution in [2.24, 2.45) is 0 Å². The van der Waals surface area contributed by atoms with Gasteiger partial charge in [-0.2, -0.15) is 0 Å². The summed E-state index contributed by atoms with van der Waals surface area (Å²) in [5.74, 6) is -1.67. The fourth-order valence-corrected chi connectivity index (χ4v) is 5.81. The number of carbonyl (C=O) groups is 2. The van der Waals surface area contributed by atoms with Crippen molar-refractivity contribution in [1.82, 2.24) is 10.2 Å². The second-order valence-electron chi connectivity index (χ2n) is 8.05. The molecule has 3 rings (SSSR count). The lowest BCUT2D eigenvalue weighted by Crippen LogP contribution is -2.53. The molecular formula is C23H27BrN2O6S. The van der Waals surface area contributed by atoms with Gasteiger partial charge in [0.15, 0.2) is 22.0 Å². The largest absolute Gasteiger partial charge is 0.380 e. The van der Waals surface area contributed by atoms with Crippen LogP contribution in [0.2, 0.25) is 0 Å². The minimum absolute atomic E-state index is 0.107. The number of nitrogens with zero attached hydrogens (tertiary/aromatic N) is 1. The van der Waals surface area contributed by atoms with Gasteiger partial charge in [0.1, 0.15) is 0 Å². The van der Waals surface area contributed by atoms with E-state index in [1.165, 1.54) is 4.90 Å². The molecule has 2 aromatic rings. The Hall–Kier alpha value is -2.27. The minimum atomic E-state index is -3.52. The van der Waals surface area contributed by atoms with E-state index >= 15 is 0 Å². The highest BCUT2D eigenvalue weighted by molar-refractivity contribution is 9.10. The maximum atomic E-state index is 12.8. The van der Waals surface area contributed by atoms with Crippen molar-refractivity contribution in [3.8, 4) is 0 Å². The topological polar surface area (TPSA) is 124 Å². The molecule has 3 atom stereocenters. The predicted molar refractivity (Wildman–Crippen MR) is 126 cm³/mol. The van der Waals surface area contributed by atoms with Crippen LogP contribution in [0.15, 0.2) is 64.0 Å². The van der Waals surface area contributed by atoms with Crippen LogP contribution < -0.4 is 5.32 Å². The second kappa shape index (κ2) is 10.8. The molecule has 2 aromatic carbocycles. The van der Waals surface area contributed by atoms with Crippen molar-refractivity contribution in [2.75, 3.05) is 13.1 Å². The van der Waals surface area contributed by atoms with Crippen molar-refractivity contribution in [1.29, 1.82) is 0 Å². The quantitative estimate of drug-likeness (QED) is 0.493. The fourth-order valence-electron chi connectivity index (χ4n) is 3.79. The molecule has 8 nitrogen and oxygen atoms in total. The molecule has 0 aromatic heterocycles. The van der Waals surface area contributed by atoms with E-state index in [2.05, 4.69) is 21.2 Å². The standard InChI is InChI=1S/C23H27BrN2O6S/c1-15(16-7-9-17(24)10-8-16)25-22(29)20(27)21(28)23(30)26-13-11-19(12-14-26)33(31,32)18-5-3-2-4-6-18/h2-10,15,19-21,27-28H,11-14H2,1H3,(H,25,29). The van der Waals surface area contributed by atoms with E-state index in [1.807, 2.05) is 12.1 Å². The number of amides is 2. The highest BCUT2D eigenvalue weighted by atomic mass is 79.9. The van der Waals surface area contributed by atoms with Gasteiger partial charge in [0.05, 0.1) is 16.2 Å². The number of likely N-dealkylation sites (tertiary alicyclic amines) is 1. The van der Waals surface area contributed by atoms with Gasteiger partial charge < -0.3 is 20.4 Å². The lowest BCUT2D eigenvalue weighted by atomic mass is 10.1. The lowest BCUT2D eigenvalue weighted by molar-refractivity contribution is -0.154. The van der Waals surface area contributed by atoms with Crippen molar-refractivity contribution >= 4 is 37.6 Å². The van der Waals surface area contributed by atoms with Gasteiger partial charge in [-0.25, -0.2) is 8.42 Å². The highest BCUT2D eigenvalue weighted by Crippen LogP contribution is 2.25. The average molecular weight is 539 g/mol. The Kier molecular flexibility index (Phi) is 8.28. The summed E-state index contributed by atoms with van der Waals surface area (Å²) in [6.07, 6.45) is -3.47. The van der Waals surface area contributed by atoms with Gasteiger partial charge in [0.25, 0.3) is 11.8 Å². The van der Waals surface area contributed by atoms with Gasteiger partial charge in [0, 0.05) is 17.6 Å². The number of nitrogens with one attached hydrogen (secondary N) is 1. The van der Waals surface area contributed by atoms with Crippen LogP contribution >= 0.6 is 15.9 Å². The van der Waals surface area contributed by atoms with Crippen LogP contribution in [0.4, 0.5) is 0 Å². The predicted octanol–water partition coefficient (Wildman–Crippen LogP) is 1.81. The van der Waals surface area contributed by atoms with E-state index in [-0.39, 0.29) is 30.8 Å². The van der Waals surface area contributed by atoms with Gasteiger partial charge in [-0.3, -0.25) is 9.59 Å². The number of carbonyl (C=O) groups excluding carboxylic acids is 2. The SMILES string of the molecule is CC(NC(=O)C(O)C(O)C(=O)N1CCC(S(=O)(=O)c2ccccc2)CC1)c1ccc(Br)cc1. The fraction of sp³-hybridized carbons (Fsp3) is 0.391. The molecule has 33 heavy (non-hydrogen) atoms. The Morgan fingerprint density at radius 1 is 1.00 bits per heavy atom. The molecular weight excluding hydrogens is 512 g/mol. The Bertz CT molecular complexity index is 1070. The van der Waals surface area contributed by atoms with E-state index < -0.39 is 45.2 Å². The highest BCUT2D eigenvalue weighted by Gasteiger charge is 2.38. The molecule has 3 unspecified atom stereocenters. The van der Waals surface area contributed by atoms with E-state index in [0.717, 1.165) is 10.0 Å². The van der Waals surface area contributed by atoms with Gasteiger partial charge >= 0.3 is 0 Å². The van der Waals surface area contributed by atoms with E-state index in [4.69, 9.17) is 0 Å². The summed E-state index contributed by atoms with van der Waals surface area (Å²) in [6.45, 7) is 1.94. The molecule has 0 bridgehead atoms. The van der Waals surface area contributed by atoms with Crippen LogP contribution in [0.3, 0.4) is 0 Å². The summed E-state index contributed by atoms with van der Waals surface area (Å²) in [7, 11) is -3.52. The van der Waals surface area contributed by atoms with Crippen LogP contribution in [0.5, 0.6) is 0 Å². The van der Waals surface area contributed by atoms with Crippen molar-refractivity contribution < 1.29 is 28.2 Å². The second-order valence-corrected chi connectivity index (χ2v) is 11.2. The molecule has 0 aliphatic carbocycles. The Morgan fingerprint density at radius 3 is 2.15 bits per heavy atom. The maximum absolute atomic E-state index is 12.8. The molecule has 1 fully saturated rings. The number of rotatable bonds is 7.